The Bertz CT molecular complexity index is 205. The number of ether oxygens (including phenoxy) is 1. The SMILES string of the molecule is COC(=O)C1(C2CCC2)CCNC1. The molecule has 0 bridgehead atoms. The molecule has 3 heteroatoms. The topological polar surface area (TPSA) is 38.3 Å². The minimum atomic E-state index is -0.174. The molecular weight excluding hydrogens is 166 g/mol. The van der Waals surface area contributed by atoms with Crippen molar-refractivity contribution >= 4 is 5.97 Å². The van der Waals surface area contributed by atoms with Crippen molar-refractivity contribution in [2.24, 2.45) is 11.3 Å². The number of hydrogen-bond donors (Lipinski definition) is 1. The molecule has 1 saturated heterocycles. The monoisotopic (exact) mass is 183 g/mol. The lowest BCUT2D eigenvalue weighted by Crippen LogP contribution is -2.44. The second-order valence-corrected chi connectivity index (χ2v) is 4.20. The van der Waals surface area contributed by atoms with Crippen LogP contribution in [-0.2, 0) is 9.53 Å². The first-order valence-electron chi connectivity index (χ1n) is 5.09. The smallest absolute Gasteiger partial charge is 0.313 e. The largest absolute Gasteiger partial charge is 0.469 e. The molecule has 1 aliphatic heterocycles. The molecule has 74 valence electrons. The molecule has 0 amide bonds. The number of carbonyl (C=O) groups is 1. The number of methoxy groups -OCH3 is 1. The third-order valence-electron chi connectivity index (χ3n) is 3.67. The minimum Gasteiger partial charge on any atom is -0.469 e. The molecule has 0 spiro atoms. The summed E-state index contributed by atoms with van der Waals surface area (Å²) in [4.78, 5) is 11.7. The van der Waals surface area contributed by atoms with E-state index in [4.69, 9.17) is 4.74 Å². The van der Waals surface area contributed by atoms with Crippen molar-refractivity contribution in [3.63, 3.8) is 0 Å². The predicted octanol–water partition coefficient (Wildman–Crippen LogP) is 0.939. The summed E-state index contributed by atoms with van der Waals surface area (Å²) in [5.74, 6) is 0.581. The Hall–Kier alpha value is -0.570. The van der Waals surface area contributed by atoms with Crippen molar-refractivity contribution in [3.05, 3.63) is 0 Å². The molecule has 1 unspecified atom stereocenters. The molecule has 0 aromatic carbocycles. The van der Waals surface area contributed by atoms with Gasteiger partial charge < -0.3 is 10.1 Å². The van der Waals surface area contributed by atoms with Crippen LogP contribution in [0.1, 0.15) is 25.7 Å². The fourth-order valence-electron chi connectivity index (χ4n) is 2.56. The zero-order chi connectivity index (χ0) is 9.31. The Morgan fingerprint density at radius 3 is 2.69 bits per heavy atom. The second-order valence-electron chi connectivity index (χ2n) is 4.20. The highest BCUT2D eigenvalue weighted by Gasteiger charge is 2.50. The summed E-state index contributed by atoms with van der Waals surface area (Å²) >= 11 is 0. The van der Waals surface area contributed by atoms with E-state index in [0.717, 1.165) is 19.5 Å². The van der Waals surface area contributed by atoms with Crippen molar-refractivity contribution in [1.29, 1.82) is 0 Å². The number of esters is 1. The maximum atomic E-state index is 11.7. The summed E-state index contributed by atoms with van der Waals surface area (Å²) < 4.78 is 4.92. The Labute approximate surface area is 78.8 Å². The van der Waals surface area contributed by atoms with Crippen LogP contribution in [-0.4, -0.2) is 26.2 Å². The molecule has 2 aliphatic rings. The average Bonchev–Trinajstić information content (AvgIpc) is 2.50. The van der Waals surface area contributed by atoms with Crippen molar-refractivity contribution < 1.29 is 9.53 Å². The molecule has 1 atom stereocenters. The third-order valence-corrected chi connectivity index (χ3v) is 3.67. The van der Waals surface area contributed by atoms with E-state index in [1.807, 2.05) is 0 Å². The highest BCUT2D eigenvalue weighted by Crippen LogP contribution is 2.46. The van der Waals surface area contributed by atoms with Gasteiger partial charge in [-0.1, -0.05) is 6.42 Å². The van der Waals surface area contributed by atoms with Gasteiger partial charge in [-0.15, -0.1) is 0 Å². The lowest BCUT2D eigenvalue weighted by atomic mass is 9.64. The van der Waals surface area contributed by atoms with E-state index < -0.39 is 0 Å². The van der Waals surface area contributed by atoms with Gasteiger partial charge in [-0.2, -0.15) is 0 Å². The molecule has 1 heterocycles. The molecular formula is C10H17NO2. The maximum absolute atomic E-state index is 11.7. The van der Waals surface area contributed by atoms with Gasteiger partial charge in [-0.3, -0.25) is 4.79 Å². The van der Waals surface area contributed by atoms with Gasteiger partial charge in [0.05, 0.1) is 12.5 Å². The molecule has 0 aromatic rings. The minimum absolute atomic E-state index is 0.00204. The third kappa shape index (κ3) is 1.26. The van der Waals surface area contributed by atoms with E-state index in [2.05, 4.69) is 5.32 Å². The first kappa shape index (κ1) is 9.00. The lowest BCUT2D eigenvalue weighted by Gasteiger charge is -2.39. The lowest BCUT2D eigenvalue weighted by molar-refractivity contribution is -0.157. The maximum Gasteiger partial charge on any atom is 0.313 e. The highest BCUT2D eigenvalue weighted by atomic mass is 16.5. The fourth-order valence-corrected chi connectivity index (χ4v) is 2.56. The van der Waals surface area contributed by atoms with Gasteiger partial charge in [-0.25, -0.2) is 0 Å². The Morgan fingerprint density at radius 2 is 2.31 bits per heavy atom. The van der Waals surface area contributed by atoms with E-state index in [1.165, 1.54) is 26.4 Å². The molecule has 0 radical (unpaired) electrons. The summed E-state index contributed by atoms with van der Waals surface area (Å²) in [6.45, 7) is 1.79. The normalized spacial score (nSPS) is 34.2. The summed E-state index contributed by atoms with van der Waals surface area (Å²) in [5, 5.41) is 3.28. The molecule has 0 aromatic heterocycles. The molecule has 1 N–H and O–H groups in total. The molecule has 1 saturated carbocycles. The van der Waals surface area contributed by atoms with Crippen molar-refractivity contribution in [3.8, 4) is 0 Å². The Morgan fingerprint density at radius 1 is 1.54 bits per heavy atom. The molecule has 13 heavy (non-hydrogen) atoms. The van der Waals surface area contributed by atoms with Gasteiger partial charge in [0.1, 0.15) is 0 Å². The zero-order valence-electron chi connectivity index (χ0n) is 8.14. The van der Waals surface area contributed by atoms with Gasteiger partial charge >= 0.3 is 5.97 Å². The quantitative estimate of drug-likeness (QED) is 0.647. The first-order chi connectivity index (χ1) is 6.29. The predicted molar refractivity (Wildman–Crippen MR) is 49.3 cm³/mol. The molecule has 1 aliphatic carbocycles. The molecule has 2 fully saturated rings. The van der Waals surface area contributed by atoms with Crippen LogP contribution < -0.4 is 5.32 Å². The summed E-state index contributed by atoms with van der Waals surface area (Å²) in [7, 11) is 1.50. The van der Waals surface area contributed by atoms with Crippen LogP contribution in [0.5, 0.6) is 0 Å². The summed E-state index contributed by atoms with van der Waals surface area (Å²) in [6.07, 6.45) is 4.65. The van der Waals surface area contributed by atoms with E-state index >= 15 is 0 Å². The summed E-state index contributed by atoms with van der Waals surface area (Å²) in [6, 6.07) is 0. The highest BCUT2D eigenvalue weighted by molar-refractivity contribution is 5.78. The molecule has 2 rings (SSSR count). The van der Waals surface area contributed by atoms with E-state index in [1.54, 1.807) is 0 Å². The summed E-state index contributed by atoms with van der Waals surface area (Å²) in [5.41, 5.74) is -0.174. The average molecular weight is 183 g/mol. The van der Waals surface area contributed by atoms with Gasteiger partial charge in [0.25, 0.3) is 0 Å². The Kier molecular flexibility index (Phi) is 2.28. The first-order valence-corrected chi connectivity index (χ1v) is 5.09. The standard InChI is InChI=1S/C10H17NO2/c1-13-9(12)10(5-6-11-7-10)8-3-2-4-8/h8,11H,2-7H2,1H3. The number of nitrogens with one attached hydrogen (secondary N) is 1. The van der Waals surface area contributed by atoms with Gasteiger partial charge in [0, 0.05) is 6.54 Å². The van der Waals surface area contributed by atoms with Gasteiger partial charge in [-0.05, 0) is 31.7 Å². The number of hydrogen-bond acceptors (Lipinski definition) is 3. The van der Waals surface area contributed by atoms with Crippen LogP contribution in [0.2, 0.25) is 0 Å². The van der Waals surface area contributed by atoms with Crippen LogP contribution in [0.25, 0.3) is 0 Å². The molecule has 3 nitrogen and oxygen atoms in total. The number of carbonyl (C=O) groups excluding carboxylic acids is 1. The zero-order valence-corrected chi connectivity index (χ0v) is 8.14. The van der Waals surface area contributed by atoms with Crippen molar-refractivity contribution in [2.45, 2.75) is 25.7 Å². The van der Waals surface area contributed by atoms with Crippen LogP contribution in [0, 0.1) is 11.3 Å². The van der Waals surface area contributed by atoms with Crippen LogP contribution in [0.3, 0.4) is 0 Å². The van der Waals surface area contributed by atoms with E-state index in [9.17, 15) is 4.79 Å². The fraction of sp³-hybridized carbons (Fsp3) is 0.900. The second kappa shape index (κ2) is 3.29. The van der Waals surface area contributed by atoms with Gasteiger partial charge in [0.2, 0.25) is 0 Å². The number of rotatable bonds is 2. The van der Waals surface area contributed by atoms with E-state index in [-0.39, 0.29) is 11.4 Å². The van der Waals surface area contributed by atoms with E-state index in [0.29, 0.717) is 5.92 Å². The van der Waals surface area contributed by atoms with Crippen molar-refractivity contribution in [1.82, 2.24) is 5.32 Å². The van der Waals surface area contributed by atoms with Gasteiger partial charge in [0.15, 0.2) is 0 Å². The van der Waals surface area contributed by atoms with Crippen LogP contribution in [0.4, 0.5) is 0 Å². The Balaban J connectivity index is 2.13. The van der Waals surface area contributed by atoms with Crippen LogP contribution in [0.15, 0.2) is 0 Å². The van der Waals surface area contributed by atoms with Crippen molar-refractivity contribution in [2.75, 3.05) is 20.2 Å². The van der Waals surface area contributed by atoms with Crippen LogP contribution >= 0.6 is 0 Å².